The lowest BCUT2D eigenvalue weighted by molar-refractivity contribution is 0.115. The van der Waals surface area contributed by atoms with Gasteiger partial charge in [0.05, 0.1) is 5.69 Å². The molecule has 2 aliphatic rings. The fraction of sp³-hybridized carbons (Fsp3) is 0.812. The second kappa shape index (κ2) is 6.23. The number of fused-ring (bicyclic) bond motifs is 1. The summed E-state index contributed by atoms with van der Waals surface area (Å²) in [5, 5.41) is 4.56. The third-order valence-corrected chi connectivity index (χ3v) is 6.46. The Balaban J connectivity index is 1.79. The van der Waals surface area contributed by atoms with Crippen molar-refractivity contribution in [1.29, 1.82) is 0 Å². The van der Waals surface area contributed by atoms with Gasteiger partial charge in [0.2, 0.25) is 0 Å². The fourth-order valence-corrected chi connectivity index (χ4v) is 4.91. The van der Waals surface area contributed by atoms with Crippen LogP contribution in [0.15, 0.2) is 0 Å². The Hall–Kier alpha value is -0.650. The van der Waals surface area contributed by atoms with Crippen LogP contribution in [0.5, 0.6) is 0 Å². The van der Waals surface area contributed by atoms with Crippen LogP contribution in [-0.4, -0.2) is 48.6 Å². The number of piperazine rings is 1. The molecule has 1 aromatic rings. The van der Waals surface area contributed by atoms with Gasteiger partial charge in [-0.1, -0.05) is 6.42 Å². The predicted octanol–water partition coefficient (Wildman–Crippen LogP) is 2.79. The maximum Gasteiger partial charge on any atom is 0.186 e. The summed E-state index contributed by atoms with van der Waals surface area (Å²) >= 11 is 1.88. The molecule has 0 amide bonds. The van der Waals surface area contributed by atoms with E-state index in [2.05, 4.69) is 35.9 Å². The third-order valence-electron chi connectivity index (χ3n) is 5.08. The molecule has 1 N–H and O–H groups in total. The van der Waals surface area contributed by atoms with Crippen molar-refractivity contribution < 1.29 is 0 Å². The molecule has 1 aromatic heterocycles. The average Bonchev–Trinajstić information content (AvgIpc) is 2.87. The van der Waals surface area contributed by atoms with E-state index in [0.29, 0.717) is 12.1 Å². The van der Waals surface area contributed by atoms with Gasteiger partial charge in [-0.25, -0.2) is 4.98 Å². The van der Waals surface area contributed by atoms with Crippen LogP contribution < -0.4 is 10.2 Å². The van der Waals surface area contributed by atoms with E-state index in [0.717, 1.165) is 12.6 Å². The largest absolute Gasteiger partial charge is 0.343 e. The number of aryl methyl sites for hydroxylation is 1. The number of thiazole rings is 1. The number of piperidine rings is 1. The van der Waals surface area contributed by atoms with Gasteiger partial charge in [0.25, 0.3) is 0 Å². The minimum Gasteiger partial charge on any atom is -0.343 e. The van der Waals surface area contributed by atoms with Gasteiger partial charge in [-0.05, 0) is 47.2 Å². The Labute approximate surface area is 132 Å². The monoisotopic (exact) mass is 308 g/mol. The maximum atomic E-state index is 4.88. The van der Waals surface area contributed by atoms with Gasteiger partial charge in [0, 0.05) is 36.1 Å². The van der Waals surface area contributed by atoms with E-state index in [-0.39, 0.29) is 0 Å². The van der Waals surface area contributed by atoms with Crippen molar-refractivity contribution in [3.8, 4) is 0 Å². The van der Waals surface area contributed by atoms with E-state index in [9.17, 15) is 0 Å². The van der Waals surface area contributed by atoms with E-state index in [1.54, 1.807) is 0 Å². The summed E-state index contributed by atoms with van der Waals surface area (Å²) in [5.74, 6) is 0. The summed E-state index contributed by atoms with van der Waals surface area (Å²) in [4.78, 5) is 11.5. The molecule has 0 aromatic carbocycles. The van der Waals surface area contributed by atoms with Crippen molar-refractivity contribution >= 4 is 16.5 Å². The minimum absolute atomic E-state index is 0.391. The van der Waals surface area contributed by atoms with Crippen molar-refractivity contribution in [2.24, 2.45) is 0 Å². The summed E-state index contributed by atoms with van der Waals surface area (Å²) in [7, 11) is 2.02. The molecule has 2 fully saturated rings. The standard InChI is InChI=1S/C16H28N4S/c1-11-9-19-8-6-5-7-14(19)10-20(11)16-18-13(3)15(21-16)12(2)17-4/h11-12,14,17H,5-10H2,1-4H3. The smallest absolute Gasteiger partial charge is 0.186 e. The Bertz CT molecular complexity index is 487. The maximum absolute atomic E-state index is 4.88. The zero-order chi connectivity index (χ0) is 15.0. The molecular weight excluding hydrogens is 280 g/mol. The number of aromatic nitrogens is 1. The van der Waals surface area contributed by atoms with Gasteiger partial charge < -0.3 is 10.2 Å². The molecule has 5 heteroatoms. The lowest BCUT2D eigenvalue weighted by Gasteiger charge is -2.47. The Morgan fingerprint density at radius 1 is 1.33 bits per heavy atom. The first-order chi connectivity index (χ1) is 10.1. The van der Waals surface area contributed by atoms with Gasteiger partial charge in [-0.15, -0.1) is 11.3 Å². The van der Waals surface area contributed by atoms with Crippen molar-refractivity contribution in [2.45, 2.75) is 58.2 Å². The summed E-state index contributed by atoms with van der Waals surface area (Å²) in [6.45, 7) is 10.4. The highest BCUT2D eigenvalue weighted by Crippen LogP contribution is 2.34. The van der Waals surface area contributed by atoms with Gasteiger partial charge in [0.15, 0.2) is 5.13 Å². The van der Waals surface area contributed by atoms with Gasteiger partial charge in [-0.3, -0.25) is 4.90 Å². The van der Waals surface area contributed by atoms with Crippen molar-refractivity contribution in [2.75, 3.05) is 31.6 Å². The highest BCUT2D eigenvalue weighted by molar-refractivity contribution is 7.15. The van der Waals surface area contributed by atoms with Crippen molar-refractivity contribution in [1.82, 2.24) is 15.2 Å². The first-order valence-electron chi connectivity index (χ1n) is 8.25. The van der Waals surface area contributed by atoms with E-state index in [4.69, 9.17) is 4.98 Å². The van der Waals surface area contributed by atoms with Crippen LogP contribution in [0.2, 0.25) is 0 Å². The minimum atomic E-state index is 0.391. The molecule has 3 atom stereocenters. The second-order valence-corrected chi connectivity index (χ2v) is 7.61. The van der Waals surface area contributed by atoms with Crippen LogP contribution in [0.4, 0.5) is 5.13 Å². The molecule has 21 heavy (non-hydrogen) atoms. The Kier molecular flexibility index (Phi) is 4.52. The average molecular weight is 308 g/mol. The molecule has 2 aliphatic heterocycles. The molecular formula is C16H28N4S. The van der Waals surface area contributed by atoms with E-state index < -0.39 is 0 Å². The summed E-state index contributed by atoms with van der Waals surface area (Å²) in [6, 6.07) is 1.70. The number of nitrogens with zero attached hydrogens (tertiary/aromatic N) is 3. The number of hydrogen-bond donors (Lipinski definition) is 1. The quantitative estimate of drug-likeness (QED) is 0.930. The van der Waals surface area contributed by atoms with E-state index >= 15 is 0 Å². The zero-order valence-corrected chi connectivity index (χ0v) is 14.5. The van der Waals surface area contributed by atoms with Crippen LogP contribution in [0.25, 0.3) is 0 Å². The molecule has 118 valence electrons. The normalized spacial score (nSPS) is 28.5. The highest BCUT2D eigenvalue weighted by Gasteiger charge is 2.34. The molecule has 0 bridgehead atoms. The van der Waals surface area contributed by atoms with E-state index in [1.807, 2.05) is 18.4 Å². The molecule has 4 nitrogen and oxygen atoms in total. The van der Waals surface area contributed by atoms with Gasteiger partial charge in [-0.2, -0.15) is 0 Å². The number of hydrogen-bond acceptors (Lipinski definition) is 5. The number of nitrogens with one attached hydrogen (secondary N) is 1. The van der Waals surface area contributed by atoms with Crippen molar-refractivity contribution in [3.05, 3.63) is 10.6 Å². The lowest BCUT2D eigenvalue weighted by atomic mass is 9.97. The highest BCUT2D eigenvalue weighted by atomic mass is 32.1. The van der Waals surface area contributed by atoms with Gasteiger partial charge >= 0.3 is 0 Å². The molecule has 3 rings (SSSR count). The number of anilines is 1. The van der Waals surface area contributed by atoms with Crippen LogP contribution in [0.1, 0.15) is 49.7 Å². The molecule has 3 unspecified atom stereocenters. The van der Waals surface area contributed by atoms with Crippen LogP contribution in [0, 0.1) is 6.92 Å². The third kappa shape index (κ3) is 2.96. The molecule has 3 heterocycles. The molecule has 0 aliphatic carbocycles. The molecule has 0 saturated carbocycles. The lowest BCUT2D eigenvalue weighted by Crippen LogP contribution is -2.58. The second-order valence-electron chi connectivity index (χ2n) is 6.60. The molecule has 0 spiro atoms. The Morgan fingerprint density at radius 3 is 2.90 bits per heavy atom. The van der Waals surface area contributed by atoms with Crippen molar-refractivity contribution in [3.63, 3.8) is 0 Å². The summed E-state index contributed by atoms with van der Waals surface area (Å²) < 4.78 is 0. The van der Waals surface area contributed by atoms with Crippen LogP contribution in [0.3, 0.4) is 0 Å². The topological polar surface area (TPSA) is 31.4 Å². The number of rotatable bonds is 3. The molecule has 0 radical (unpaired) electrons. The predicted molar refractivity (Wildman–Crippen MR) is 90.3 cm³/mol. The van der Waals surface area contributed by atoms with Crippen LogP contribution in [-0.2, 0) is 0 Å². The first kappa shape index (κ1) is 15.3. The summed E-state index contributed by atoms with van der Waals surface area (Å²) in [5.41, 5.74) is 1.19. The SMILES string of the molecule is CNC(C)c1sc(N2CC3CCCCN3CC2C)nc1C. The Morgan fingerprint density at radius 2 is 2.14 bits per heavy atom. The zero-order valence-electron chi connectivity index (χ0n) is 13.7. The van der Waals surface area contributed by atoms with E-state index in [1.165, 1.54) is 48.1 Å². The summed E-state index contributed by atoms with van der Waals surface area (Å²) in [6.07, 6.45) is 4.12. The van der Waals surface area contributed by atoms with Crippen LogP contribution >= 0.6 is 11.3 Å². The van der Waals surface area contributed by atoms with Gasteiger partial charge in [0.1, 0.15) is 0 Å². The fourth-order valence-electron chi connectivity index (χ4n) is 3.67. The first-order valence-corrected chi connectivity index (χ1v) is 9.07. The molecule has 2 saturated heterocycles.